The van der Waals surface area contributed by atoms with Crippen LogP contribution in [0.4, 0.5) is 5.69 Å². The Morgan fingerprint density at radius 1 is 1.36 bits per heavy atom. The summed E-state index contributed by atoms with van der Waals surface area (Å²) in [6.07, 6.45) is 6.66. The molecule has 0 saturated heterocycles. The number of aryl methyl sites for hydroxylation is 1. The smallest absolute Gasteiger partial charge is 0.266 e. The van der Waals surface area contributed by atoms with Crippen LogP contribution in [0.5, 0.6) is 11.5 Å². The number of halogens is 2. The van der Waals surface area contributed by atoms with E-state index in [-0.39, 0.29) is 12.2 Å². The Morgan fingerprint density at radius 2 is 2.11 bits per heavy atom. The number of hydrogen-bond donors (Lipinski definition) is 1. The van der Waals surface area contributed by atoms with Crippen LogP contribution < -0.4 is 14.8 Å². The summed E-state index contributed by atoms with van der Waals surface area (Å²) in [6.45, 7) is 1.94. The van der Waals surface area contributed by atoms with Gasteiger partial charge in [0.15, 0.2) is 11.5 Å². The molecule has 28 heavy (non-hydrogen) atoms. The van der Waals surface area contributed by atoms with Crippen LogP contribution in [0.3, 0.4) is 0 Å². The van der Waals surface area contributed by atoms with Crippen molar-refractivity contribution in [1.29, 1.82) is 5.26 Å². The minimum atomic E-state index is -0.555. The maximum atomic E-state index is 12.5. The summed E-state index contributed by atoms with van der Waals surface area (Å²) in [4.78, 5) is 12.5. The first kappa shape index (κ1) is 21.4. The molecule has 2 aromatic rings. The van der Waals surface area contributed by atoms with Gasteiger partial charge >= 0.3 is 0 Å². The average Bonchev–Trinajstić information content (AvgIpc) is 2.68. The molecule has 1 amide bonds. The van der Waals surface area contributed by atoms with Gasteiger partial charge in [0.25, 0.3) is 5.91 Å². The fourth-order valence-electron chi connectivity index (χ4n) is 2.23. The summed E-state index contributed by atoms with van der Waals surface area (Å²) in [5, 5.41) is 12.6. The molecule has 0 aliphatic heterocycles. The third-order valence-corrected chi connectivity index (χ3v) is 4.78. The van der Waals surface area contributed by atoms with Crippen LogP contribution in [-0.2, 0) is 4.79 Å². The Labute approximate surface area is 177 Å². The Balaban J connectivity index is 2.32. The van der Waals surface area contributed by atoms with Gasteiger partial charge in [-0.2, -0.15) is 5.26 Å². The summed E-state index contributed by atoms with van der Waals surface area (Å²) >= 11 is 9.47. The first-order valence-corrected chi connectivity index (χ1v) is 9.19. The van der Waals surface area contributed by atoms with Gasteiger partial charge in [0, 0.05) is 15.2 Å². The lowest BCUT2D eigenvalue weighted by molar-refractivity contribution is -0.112. The molecule has 0 spiro atoms. The van der Waals surface area contributed by atoms with Gasteiger partial charge in [-0.15, -0.1) is 6.42 Å². The molecule has 0 heterocycles. The molecule has 0 fully saturated rings. The van der Waals surface area contributed by atoms with Crippen LogP contribution in [0.15, 0.2) is 40.4 Å². The van der Waals surface area contributed by atoms with Crippen molar-refractivity contribution in [3.63, 3.8) is 0 Å². The number of rotatable bonds is 6. The quantitative estimate of drug-likeness (QED) is 0.376. The van der Waals surface area contributed by atoms with Crippen LogP contribution in [0.25, 0.3) is 6.08 Å². The Morgan fingerprint density at radius 3 is 2.71 bits per heavy atom. The van der Waals surface area contributed by atoms with E-state index < -0.39 is 5.91 Å². The van der Waals surface area contributed by atoms with Gasteiger partial charge in [-0.1, -0.05) is 39.5 Å². The number of carbonyl (C=O) groups is 1. The van der Waals surface area contributed by atoms with Crippen molar-refractivity contribution in [2.45, 2.75) is 6.92 Å². The zero-order valence-electron chi connectivity index (χ0n) is 15.2. The number of nitrogens with one attached hydrogen (secondary N) is 1. The van der Waals surface area contributed by atoms with Gasteiger partial charge in [0.1, 0.15) is 18.2 Å². The molecule has 0 saturated carbocycles. The molecule has 0 unspecified atom stereocenters. The van der Waals surface area contributed by atoms with E-state index in [0.717, 1.165) is 5.56 Å². The molecule has 0 bridgehead atoms. The topological polar surface area (TPSA) is 71.3 Å². The van der Waals surface area contributed by atoms with Gasteiger partial charge in [-0.3, -0.25) is 4.79 Å². The molecule has 5 nitrogen and oxygen atoms in total. The maximum Gasteiger partial charge on any atom is 0.266 e. The standard InChI is InChI=1S/C21H16BrClN2O3/c1-4-7-28-20-11-17(22)14(9-19(20)27-3)8-15(12-24)21(26)25-16-6-5-13(2)18(23)10-16/h1,5-6,8-11H,7H2,2-3H3,(H,25,26). The van der Waals surface area contributed by atoms with Crippen LogP contribution in [0.2, 0.25) is 5.02 Å². The van der Waals surface area contributed by atoms with E-state index in [4.69, 9.17) is 27.5 Å². The number of anilines is 1. The molecule has 0 aromatic heterocycles. The number of carbonyl (C=O) groups excluding carboxylic acids is 1. The molecule has 0 atom stereocenters. The summed E-state index contributed by atoms with van der Waals surface area (Å²) in [6, 6.07) is 10.3. The van der Waals surface area contributed by atoms with Gasteiger partial charge in [0.2, 0.25) is 0 Å². The van der Waals surface area contributed by atoms with E-state index in [1.807, 2.05) is 13.0 Å². The molecule has 2 aromatic carbocycles. The van der Waals surface area contributed by atoms with Crippen LogP contribution in [0, 0.1) is 30.6 Å². The minimum Gasteiger partial charge on any atom is -0.493 e. The fraction of sp³-hybridized carbons (Fsp3) is 0.143. The van der Waals surface area contributed by atoms with Crippen molar-refractivity contribution < 1.29 is 14.3 Å². The summed E-state index contributed by atoms with van der Waals surface area (Å²) in [5.41, 5.74) is 1.87. The maximum absolute atomic E-state index is 12.5. The van der Waals surface area contributed by atoms with Gasteiger partial charge in [0.05, 0.1) is 7.11 Å². The van der Waals surface area contributed by atoms with Crippen molar-refractivity contribution in [2.75, 3.05) is 19.0 Å². The van der Waals surface area contributed by atoms with Gasteiger partial charge in [-0.25, -0.2) is 0 Å². The molecule has 2 rings (SSSR count). The lowest BCUT2D eigenvalue weighted by Crippen LogP contribution is -2.13. The zero-order valence-corrected chi connectivity index (χ0v) is 17.5. The molecular formula is C21H16BrClN2O3. The molecule has 1 N–H and O–H groups in total. The second-order valence-electron chi connectivity index (χ2n) is 5.61. The van der Waals surface area contributed by atoms with Crippen LogP contribution >= 0.6 is 27.5 Å². The lowest BCUT2D eigenvalue weighted by Gasteiger charge is -2.11. The predicted molar refractivity (Wildman–Crippen MR) is 113 cm³/mol. The number of methoxy groups -OCH3 is 1. The third-order valence-electron chi connectivity index (χ3n) is 3.69. The number of amides is 1. The van der Waals surface area contributed by atoms with E-state index in [0.29, 0.717) is 32.2 Å². The second kappa shape index (κ2) is 9.85. The first-order valence-electron chi connectivity index (χ1n) is 8.02. The van der Waals surface area contributed by atoms with Crippen molar-refractivity contribution in [1.82, 2.24) is 0 Å². The fourth-order valence-corrected chi connectivity index (χ4v) is 2.84. The molecule has 0 aliphatic rings. The normalized spacial score (nSPS) is 10.6. The number of terminal acetylenes is 1. The number of nitriles is 1. The molecule has 0 radical (unpaired) electrons. The largest absolute Gasteiger partial charge is 0.493 e. The number of benzene rings is 2. The van der Waals surface area contributed by atoms with E-state index in [9.17, 15) is 10.1 Å². The SMILES string of the molecule is C#CCOc1cc(Br)c(C=C(C#N)C(=O)Nc2ccc(C)c(Cl)c2)cc1OC. The van der Waals surface area contributed by atoms with Crippen molar-refractivity contribution in [3.05, 3.63) is 56.5 Å². The molecule has 7 heteroatoms. The Kier molecular flexibility index (Phi) is 7.52. The van der Waals surface area contributed by atoms with E-state index in [2.05, 4.69) is 27.2 Å². The van der Waals surface area contributed by atoms with E-state index in [1.165, 1.54) is 13.2 Å². The van der Waals surface area contributed by atoms with E-state index in [1.54, 1.807) is 30.3 Å². The second-order valence-corrected chi connectivity index (χ2v) is 6.87. The van der Waals surface area contributed by atoms with Crippen LogP contribution in [0.1, 0.15) is 11.1 Å². The van der Waals surface area contributed by atoms with Gasteiger partial charge in [-0.05, 0) is 48.4 Å². The first-order chi connectivity index (χ1) is 13.4. The van der Waals surface area contributed by atoms with Crippen molar-refractivity contribution in [2.24, 2.45) is 0 Å². The average molecular weight is 460 g/mol. The summed E-state index contributed by atoms with van der Waals surface area (Å²) in [7, 11) is 1.48. The lowest BCUT2D eigenvalue weighted by atomic mass is 10.1. The highest BCUT2D eigenvalue weighted by atomic mass is 79.9. The monoisotopic (exact) mass is 458 g/mol. The number of ether oxygens (including phenoxy) is 2. The number of nitrogens with zero attached hydrogens (tertiary/aromatic N) is 1. The Hall–Kier alpha value is -2.93. The Bertz CT molecular complexity index is 1020. The predicted octanol–water partition coefficient (Wildman–Crippen LogP) is 4.98. The van der Waals surface area contributed by atoms with E-state index >= 15 is 0 Å². The summed E-state index contributed by atoms with van der Waals surface area (Å²) < 4.78 is 11.3. The highest BCUT2D eigenvalue weighted by Crippen LogP contribution is 2.34. The molecular weight excluding hydrogens is 444 g/mol. The zero-order chi connectivity index (χ0) is 20.7. The molecule has 0 aliphatic carbocycles. The van der Waals surface area contributed by atoms with Crippen molar-refractivity contribution in [3.8, 4) is 29.9 Å². The van der Waals surface area contributed by atoms with Gasteiger partial charge < -0.3 is 14.8 Å². The highest BCUT2D eigenvalue weighted by molar-refractivity contribution is 9.10. The minimum absolute atomic E-state index is 0.0863. The number of hydrogen-bond acceptors (Lipinski definition) is 4. The molecule has 142 valence electrons. The van der Waals surface area contributed by atoms with Crippen LogP contribution in [-0.4, -0.2) is 19.6 Å². The highest BCUT2D eigenvalue weighted by Gasteiger charge is 2.14. The van der Waals surface area contributed by atoms with Crippen molar-refractivity contribution >= 4 is 45.2 Å². The third kappa shape index (κ3) is 5.29. The summed E-state index contributed by atoms with van der Waals surface area (Å²) in [5.74, 6) is 2.69.